The first-order valence-electron chi connectivity index (χ1n) is 10.4. The van der Waals surface area contributed by atoms with Crippen LogP contribution in [0.1, 0.15) is 13.3 Å². The molecule has 0 saturated carbocycles. The van der Waals surface area contributed by atoms with Crippen LogP contribution in [0.2, 0.25) is 0 Å². The molecule has 0 aromatic heterocycles. The van der Waals surface area contributed by atoms with Gasteiger partial charge in [0.25, 0.3) is 5.91 Å². The van der Waals surface area contributed by atoms with Gasteiger partial charge in [-0.3, -0.25) is 4.79 Å². The van der Waals surface area contributed by atoms with Crippen LogP contribution in [0.15, 0.2) is 53.4 Å². The molecule has 10 heteroatoms. The van der Waals surface area contributed by atoms with Gasteiger partial charge in [0.05, 0.1) is 24.7 Å². The molecular formula is C22H27FN2O6S. The smallest absolute Gasteiger partial charge is 0.261 e. The monoisotopic (exact) mass is 466 g/mol. The molecular weight excluding hydrogens is 439 g/mol. The lowest BCUT2D eigenvalue weighted by Crippen LogP contribution is -2.40. The number of halogens is 1. The first-order valence-corrected chi connectivity index (χ1v) is 11.8. The molecule has 0 aliphatic carbocycles. The number of sulfonamides is 1. The minimum absolute atomic E-state index is 0.198. The van der Waals surface area contributed by atoms with Crippen molar-refractivity contribution in [2.75, 3.05) is 39.5 Å². The molecule has 8 nitrogen and oxygen atoms in total. The van der Waals surface area contributed by atoms with Gasteiger partial charge in [0.2, 0.25) is 10.0 Å². The summed E-state index contributed by atoms with van der Waals surface area (Å²) in [6.07, 6.45) is -0.256. The highest BCUT2D eigenvalue weighted by Crippen LogP contribution is 2.20. The Morgan fingerprint density at radius 2 is 1.72 bits per heavy atom. The molecule has 1 aliphatic heterocycles. The van der Waals surface area contributed by atoms with Crippen molar-refractivity contribution >= 4 is 15.9 Å². The van der Waals surface area contributed by atoms with Crippen LogP contribution in [0.25, 0.3) is 0 Å². The van der Waals surface area contributed by atoms with E-state index in [1.807, 2.05) is 6.92 Å². The molecule has 1 heterocycles. The summed E-state index contributed by atoms with van der Waals surface area (Å²) in [7, 11) is -3.55. The Kier molecular flexibility index (Phi) is 8.43. The quantitative estimate of drug-likeness (QED) is 0.540. The number of hydrogen-bond donors (Lipinski definition) is 1. The van der Waals surface area contributed by atoms with E-state index in [1.54, 1.807) is 12.1 Å². The predicted octanol–water partition coefficient (Wildman–Crippen LogP) is 2.20. The zero-order chi connectivity index (χ0) is 23.0. The number of benzene rings is 2. The molecule has 1 saturated heterocycles. The third-order valence-electron chi connectivity index (χ3n) is 4.86. The molecule has 0 radical (unpaired) electrons. The fourth-order valence-electron chi connectivity index (χ4n) is 3.10. The summed E-state index contributed by atoms with van der Waals surface area (Å²) in [5.41, 5.74) is 0. The number of rotatable bonds is 10. The minimum Gasteiger partial charge on any atom is -0.492 e. The maximum Gasteiger partial charge on any atom is 0.261 e. The number of nitrogens with zero attached hydrogens (tertiary/aromatic N) is 1. The van der Waals surface area contributed by atoms with Gasteiger partial charge < -0.3 is 19.5 Å². The van der Waals surface area contributed by atoms with Crippen molar-refractivity contribution in [1.82, 2.24) is 9.62 Å². The largest absolute Gasteiger partial charge is 0.492 e. The predicted molar refractivity (Wildman–Crippen MR) is 116 cm³/mol. The number of carbonyl (C=O) groups is 1. The molecule has 2 aromatic rings. The van der Waals surface area contributed by atoms with Crippen molar-refractivity contribution in [2.24, 2.45) is 0 Å². The molecule has 32 heavy (non-hydrogen) atoms. The van der Waals surface area contributed by atoms with Gasteiger partial charge in [-0.25, -0.2) is 12.8 Å². The van der Waals surface area contributed by atoms with Crippen LogP contribution in [0, 0.1) is 5.82 Å². The molecule has 0 spiro atoms. The molecule has 0 bridgehead atoms. The summed E-state index contributed by atoms with van der Waals surface area (Å²) in [5, 5.41) is 2.74. The zero-order valence-corrected chi connectivity index (χ0v) is 18.6. The molecule has 1 aliphatic rings. The average Bonchev–Trinajstić information content (AvgIpc) is 2.82. The summed E-state index contributed by atoms with van der Waals surface area (Å²) in [6.45, 7) is 3.72. The highest BCUT2D eigenvalue weighted by Gasteiger charge is 2.26. The minimum atomic E-state index is -3.55. The van der Waals surface area contributed by atoms with E-state index < -0.39 is 16.1 Å². The van der Waals surface area contributed by atoms with Crippen molar-refractivity contribution in [2.45, 2.75) is 24.3 Å². The van der Waals surface area contributed by atoms with Gasteiger partial charge in [0.1, 0.15) is 23.9 Å². The number of ether oxygens (including phenoxy) is 3. The van der Waals surface area contributed by atoms with Crippen molar-refractivity contribution in [3.8, 4) is 11.5 Å². The Bertz CT molecular complexity index is 976. The Morgan fingerprint density at radius 3 is 2.34 bits per heavy atom. The van der Waals surface area contributed by atoms with Gasteiger partial charge in [-0.2, -0.15) is 4.31 Å². The number of amides is 1. The number of nitrogens with one attached hydrogen (secondary N) is 1. The van der Waals surface area contributed by atoms with Crippen molar-refractivity contribution < 1.29 is 31.8 Å². The lowest BCUT2D eigenvalue weighted by Gasteiger charge is -2.26. The Balaban J connectivity index is 1.44. The molecule has 174 valence electrons. The lowest BCUT2D eigenvalue weighted by atomic mass is 10.2. The first kappa shape index (κ1) is 24.0. The van der Waals surface area contributed by atoms with Crippen LogP contribution >= 0.6 is 0 Å². The highest BCUT2D eigenvalue weighted by atomic mass is 32.2. The van der Waals surface area contributed by atoms with Gasteiger partial charge in [-0.15, -0.1) is 0 Å². The summed E-state index contributed by atoms with van der Waals surface area (Å²) < 4.78 is 56.0. The molecule has 0 unspecified atom stereocenters. The van der Waals surface area contributed by atoms with Crippen LogP contribution in [-0.2, 0) is 19.6 Å². The van der Waals surface area contributed by atoms with Gasteiger partial charge in [0.15, 0.2) is 6.10 Å². The molecule has 1 atom stereocenters. The normalized spacial score (nSPS) is 15.7. The SMILES string of the molecule is CC[C@@H](Oc1ccc(F)cc1)C(=O)NCCOc1ccc(S(=O)(=O)N2CCOCC2)cc1. The van der Waals surface area contributed by atoms with E-state index in [0.717, 1.165) is 0 Å². The lowest BCUT2D eigenvalue weighted by molar-refractivity contribution is -0.128. The van der Waals surface area contributed by atoms with Gasteiger partial charge in [-0.05, 0) is 55.0 Å². The number of morpholine rings is 1. The summed E-state index contributed by atoms with van der Waals surface area (Å²) >= 11 is 0. The number of hydrogen-bond acceptors (Lipinski definition) is 6. The Hall–Kier alpha value is -2.69. The van der Waals surface area contributed by atoms with E-state index in [4.69, 9.17) is 14.2 Å². The van der Waals surface area contributed by atoms with E-state index in [-0.39, 0.29) is 29.8 Å². The maximum absolute atomic E-state index is 13.0. The summed E-state index contributed by atoms with van der Waals surface area (Å²) in [6, 6.07) is 11.7. The van der Waals surface area contributed by atoms with Gasteiger partial charge >= 0.3 is 0 Å². The number of carbonyl (C=O) groups excluding carboxylic acids is 1. The topological polar surface area (TPSA) is 94.2 Å². The molecule has 2 aromatic carbocycles. The van der Waals surface area contributed by atoms with E-state index >= 15 is 0 Å². The Labute approximate surface area is 187 Å². The van der Waals surface area contributed by atoms with Crippen LogP contribution in [-0.4, -0.2) is 64.2 Å². The standard InChI is InChI=1S/C22H27FN2O6S/c1-2-21(31-19-5-3-17(23)4-6-19)22(26)24-11-14-30-18-7-9-20(10-8-18)32(27,28)25-12-15-29-16-13-25/h3-10,21H,2,11-16H2,1H3,(H,24,26)/t21-/m1/s1. The molecule has 3 rings (SSSR count). The molecule has 1 fully saturated rings. The van der Waals surface area contributed by atoms with E-state index in [1.165, 1.54) is 40.7 Å². The summed E-state index contributed by atoms with van der Waals surface area (Å²) in [4.78, 5) is 12.5. The van der Waals surface area contributed by atoms with Gasteiger partial charge in [-0.1, -0.05) is 6.92 Å². The third kappa shape index (κ3) is 6.41. The van der Waals surface area contributed by atoms with E-state index in [0.29, 0.717) is 44.2 Å². The fourth-order valence-corrected chi connectivity index (χ4v) is 4.51. The third-order valence-corrected chi connectivity index (χ3v) is 6.77. The zero-order valence-electron chi connectivity index (χ0n) is 17.8. The van der Waals surface area contributed by atoms with Crippen LogP contribution < -0.4 is 14.8 Å². The molecule has 1 N–H and O–H groups in total. The second-order valence-corrected chi connectivity index (χ2v) is 9.03. The van der Waals surface area contributed by atoms with Crippen molar-refractivity contribution in [3.05, 3.63) is 54.3 Å². The Morgan fingerprint density at radius 1 is 1.09 bits per heavy atom. The van der Waals surface area contributed by atoms with Crippen LogP contribution in [0.5, 0.6) is 11.5 Å². The van der Waals surface area contributed by atoms with Crippen LogP contribution in [0.3, 0.4) is 0 Å². The second-order valence-electron chi connectivity index (χ2n) is 7.10. The fraction of sp³-hybridized carbons (Fsp3) is 0.409. The average molecular weight is 467 g/mol. The van der Waals surface area contributed by atoms with E-state index in [2.05, 4.69) is 5.32 Å². The highest BCUT2D eigenvalue weighted by molar-refractivity contribution is 7.89. The molecule has 1 amide bonds. The van der Waals surface area contributed by atoms with E-state index in [9.17, 15) is 17.6 Å². The maximum atomic E-state index is 13.0. The second kappa shape index (κ2) is 11.3. The van der Waals surface area contributed by atoms with Crippen LogP contribution in [0.4, 0.5) is 4.39 Å². The summed E-state index contributed by atoms with van der Waals surface area (Å²) in [5.74, 6) is 0.234. The van der Waals surface area contributed by atoms with Crippen molar-refractivity contribution in [3.63, 3.8) is 0 Å². The van der Waals surface area contributed by atoms with Gasteiger partial charge in [0, 0.05) is 13.1 Å². The first-order chi connectivity index (χ1) is 15.4. The van der Waals surface area contributed by atoms with Crippen molar-refractivity contribution in [1.29, 1.82) is 0 Å².